The highest BCUT2D eigenvalue weighted by Gasteiger charge is 2.20. The lowest BCUT2D eigenvalue weighted by molar-refractivity contribution is 0.293. The quantitative estimate of drug-likeness (QED) is 0.610. The Labute approximate surface area is 169 Å². The van der Waals surface area contributed by atoms with E-state index >= 15 is 0 Å². The molecule has 150 valence electrons. The molecule has 2 heterocycles. The van der Waals surface area contributed by atoms with Gasteiger partial charge >= 0.3 is 5.69 Å². The predicted molar refractivity (Wildman–Crippen MR) is 115 cm³/mol. The molecule has 0 radical (unpaired) electrons. The molecule has 0 saturated heterocycles. The summed E-state index contributed by atoms with van der Waals surface area (Å²) in [5.74, 6) is 0. The minimum Gasteiger partial charge on any atom is -0.345 e. The van der Waals surface area contributed by atoms with Crippen molar-refractivity contribution in [1.29, 1.82) is 0 Å². The van der Waals surface area contributed by atoms with E-state index in [1.54, 1.807) is 7.05 Å². The number of fused-ring (bicyclic) bond motifs is 1. The summed E-state index contributed by atoms with van der Waals surface area (Å²) in [7, 11) is 3.21. The fraction of sp³-hybridized carbons (Fsp3) is 0.429. The molecule has 0 unspecified atom stereocenters. The number of halogens is 1. The molecule has 0 amide bonds. The van der Waals surface area contributed by atoms with Gasteiger partial charge in [-0.25, -0.2) is 4.79 Å². The molecule has 0 fully saturated rings. The molecular formula is C21H27ClN4O2. The number of nitrogens with zero attached hydrogens (tertiary/aromatic N) is 4. The molecule has 7 heteroatoms. The number of benzene rings is 1. The van der Waals surface area contributed by atoms with Gasteiger partial charge in [0, 0.05) is 37.4 Å². The molecule has 6 nitrogen and oxygen atoms in total. The lowest BCUT2D eigenvalue weighted by Crippen LogP contribution is -2.36. The number of aromatic nitrogens is 3. The summed E-state index contributed by atoms with van der Waals surface area (Å²) in [6, 6.07) is 7.52. The Balaban J connectivity index is 2.20. The van der Waals surface area contributed by atoms with Crippen LogP contribution in [0.5, 0.6) is 0 Å². The molecule has 0 aliphatic rings. The van der Waals surface area contributed by atoms with Crippen molar-refractivity contribution in [2.45, 2.75) is 26.8 Å². The van der Waals surface area contributed by atoms with Gasteiger partial charge in [0.15, 0.2) is 0 Å². The molecule has 0 saturated carbocycles. The Bertz CT molecular complexity index is 1110. The summed E-state index contributed by atoms with van der Waals surface area (Å²) >= 11 is 6.48. The Morgan fingerprint density at radius 2 is 1.71 bits per heavy atom. The van der Waals surface area contributed by atoms with Gasteiger partial charge in [-0.05, 0) is 32.1 Å². The average molecular weight is 403 g/mol. The van der Waals surface area contributed by atoms with E-state index < -0.39 is 0 Å². The molecule has 0 spiro atoms. The largest absolute Gasteiger partial charge is 0.345 e. The van der Waals surface area contributed by atoms with Gasteiger partial charge in [-0.2, -0.15) is 0 Å². The fourth-order valence-corrected chi connectivity index (χ4v) is 3.94. The summed E-state index contributed by atoms with van der Waals surface area (Å²) in [4.78, 5) is 27.7. The number of rotatable bonds is 7. The van der Waals surface area contributed by atoms with Crippen LogP contribution in [0, 0.1) is 0 Å². The fourth-order valence-electron chi connectivity index (χ4n) is 3.71. The maximum absolute atomic E-state index is 13.0. The van der Waals surface area contributed by atoms with Gasteiger partial charge in [0.25, 0.3) is 5.56 Å². The maximum Gasteiger partial charge on any atom is 0.330 e. The van der Waals surface area contributed by atoms with Crippen LogP contribution in [0.3, 0.4) is 0 Å². The zero-order valence-corrected chi connectivity index (χ0v) is 17.7. The van der Waals surface area contributed by atoms with Crippen molar-refractivity contribution in [2.24, 2.45) is 14.1 Å². The van der Waals surface area contributed by atoms with Gasteiger partial charge in [-0.15, -0.1) is 0 Å². The molecule has 0 aliphatic carbocycles. The van der Waals surface area contributed by atoms with Crippen molar-refractivity contribution in [3.05, 3.63) is 56.3 Å². The third-order valence-electron chi connectivity index (χ3n) is 5.41. The third-order valence-corrected chi connectivity index (χ3v) is 5.74. The van der Waals surface area contributed by atoms with E-state index in [1.165, 1.54) is 11.6 Å². The number of hydrogen-bond donors (Lipinski definition) is 0. The predicted octanol–water partition coefficient (Wildman–Crippen LogP) is 3.09. The second-order valence-corrected chi connectivity index (χ2v) is 7.40. The van der Waals surface area contributed by atoms with E-state index in [4.69, 9.17) is 11.6 Å². The van der Waals surface area contributed by atoms with Crippen molar-refractivity contribution in [1.82, 2.24) is 18.6 Å². The van der Waals surface area contributed by atoms with Crippen LogP contribution >= 0.6 is 11.6 Å². The van der Waals surface area contributed by atoms with Crippen LogP contribution in [0.4, 0.5) is 0 Å². The topological polar surface area (TPSA) is 52.2 Å². The lowest BCUT2D eigenvalue weighted by atomic mass is 10.1. The van der Waals surface area contributed by atoms with E-state index in [1.807, 2.05) is 30.5 Å². The van der Waals surface area contributed by atoms with Gasteiger partial charge in [0.05, 0.1) is 16.6 Å². The highest BCUT2D eigenvalue weighted by atomic mass is 35.5. The Hall–Kier alpha value is -2.31. The zero-order chi connectivity index (χ0) is 20.4. The van der Waals surface area contributed by atoms with Gasteiger partial charge in [0.1, 0.15) is 0 Å². The minimum atomic E-state index is -0.330. The zero-order valence-electron chi connectivity index (χ0n) is 16.9. The van der Waals surface area contributed by atoms with Crippen LogP contribution in [0.25, 0.3) is 22.2 Å². The summed E-state index contributed by atoms with van der Waals surface area (Å²) in [5, 5.41) is 1.11. The summed E-state index contributed by atoms with van der Waals surface area (Å²) in [6.45, 7) is 8.04. The Morgan fingerprint density at radius 1 is 1.04 bits per heavy atom. The van der Waals surface area contributed by atoms with Crippen molar-refractivity contribution >= 4 is 22.5 Å². The van der Waals surface area contributed by atoms with E-state index in [0.29, 0.717) is 15.9 Å². The first kappa shape index (κ1) is 20.4. The van der Waals surface area contributed by atoms with Crippen LogP contribution in [0.2, 0.25) is 5.02 Å². The second-order valence-electron chi connectivity index (χ2n) is 7.00. The van der Waals surface area contributed by atoms with Gasteiger partial charge in [0.2, 0.25) is 0 Å². The van der Waals surface area contributed by atoms with E-state index in [-0.39, 0.29) is 11.2 Å². The first-order valence-corrected chi connectivity index (χ1v) is 10.0. The standard InChI is InChI=1S/C21H27ClN4O2/c1-5-25(6-2)12-9-13-26-14-17-18(20(27)24(4)21(28)23(17)3)19(26)15-10-7-8-11-16(15)22/h7-8,10-11,14H,5-6,9,12-13H2,1-4H3. The molecular weight excluding hydrogens is 376 g/mol. The molecule has 3 rings (SSSR count). The summed E-state index contributed by atoms with van der Waals surface area (Å²) in [5.41, 5.74) is 1.58. The van der Waals surface area contributed by atoms with Crippen LogP contribution in [-0.2, 0) is 20.6 Å². The number of hydrogen-bond acceptors (Lipinski definition) is 3. The van der Waals surface area contributed by atoms with Crippen molar-refractivity contribution in [3.8, 4) is 11.3 Å². The first-order valence-electron chi connectivity index (χ1n) is 9.66. The smallest absolute Gasteiger partial charge is 0.330 e. The maximum atomic E-state index is 13.0. The molecule has 28 heavy (non-hydrogen) atoms. The summed E-state index contributed by atoms with van der Waals surface area (Å²) in [6.07, 6.45) is 2.84. The van der Waals surface area contributed by atoms with Gasteiger partial charge in [-0.1, -0.05) is 43.6 Å². The van der Waals surface area contributed by atoms with Crippen LogP contribution in [-0.4, -0.2) is 38.2 Å². The minimum absolute atomic E-state index is 0.296. The van der Waals surface area contributed by atoms with Crippen LogP contribution < -0.4 is 11.2 Å². The van der Waals surface area contributed by atoms with E-state index in [9.17, 15) is 9.59 Å². The van der Waals surface area contributed by atoms with Crippen molar-refractivity contribution in [2.75, 3.05) is 19.6 Å². The van der Waals surface area contributed by atoms with Crippen molar-refractivity contribution in [3.63, 3.8) is 0 Å². The van der Waals surface area contributed by atoms with Crippen molar-refractivity contribution < 1.29 is 0 Å². The SMILES string of the molecule is CCN(CC)CCCn1cc2c(c1-c1ccccc1Cl)c(=O)n(C)c(=O)n2C. The normalized spacial score (nSPS) is 11.6. The molecule has 0 bridgehead atoms. The molecule has 2 aromatic heterocycles. The van der Waals surface area contributed by atoms with E-state index in [0.717, 1.165) is 48.4 Å². The highest BCUT2D eigenvalue weighted by molar-refractivity contribution is 6.33. The third kappa shape index (κ3) is 3.54. The van der Waals surface area contributed by atoms with Crippen LogP contribution in [0.1, 0.15) is 20.3 Å². The molecule has 0 aliphatic heterocycles. The molecule has 3 aromatic rings. The molecule has 0 N–H and O–H groups in total. The molecule has 1 aromatic carbocycles. The Kier molecular flexibility index (Phi) is 6.10. The monoisotopic (exact) mass is 402 g/mol. The second kappa shape index (κ2) is 8.37. The van der Waals surface area contributed by atoms with Gasteiger partial charge in [-0.3, -0.25) is 13.9 Å². The first-order chi connectivity index (χ1) is 13.4. The molecule has 0 atom stereocenters. The highest BCUT2D eigenvalue weighted by Crippen LogP contribution is 2.33. The Morgan fingerprint density at radius 3 is 2.36 bits per heavy atom. The van der Waals surface area contributed by atoms with E-state index in [2.05, 4.69) is 23.3 Å². The van der Waals surface area contributed by atoms with Crippen LogP contribution in [0.15, 0.2) is 40.1 Å². The van der Waals surface area contributed by atoms with Gasteiger partial charge < -0.3 is 9.47 Å². The summed E-state index contributed by atoms with van der Waals surface area (Å²) < 4.78 is 4.75. The lowest BCUT2D eigenvalue weighted by Gasteiger charge is -2.18. The number of aryl methyl sites for hydroxylation is 2. The average Bonchev–Trinajstić information content (AvgIpc) is 3.08.